The van der Waals surface area contributed by atoms with Gasteiger partial charge in [-0.1, -0.05) is 20.8 Å². The molecule has 0 aromatic heterocycles. The van der Waals surface area contributed by atoms with Crippen molar-refractivity contribution in [1.82, 2.24) is 9.80 Å². The maximum atomic E-state index is 12.2. The van der Waals surface area contributed by atoms with E-state index in [2.05, 4.69) is 37.6 Å². The molecule has 2 fully saturated rings. The van der Waals surface area contributed by atoms with Gasteiger partial charge in [0.2, 0.25) is 5.91 Å². The smallest absolute Gasteiger partial charge is 0.223 e. The molecule has 0 N–H and O–H groups in total. The molecule has 0 spiro atoms. The van der Waals surface area contributed by atoms with Gasteiger partial charge in [0, 0.05) is 38.2 Å². The van der Waals surface area contributed by atoms with Crippen molar-refractivity contribution in [2.75, 3.05) is 33.4 Å². The van der Waals surface area contributed by atoms with Crippen LogP contribution >= 0.6 is 0 Å². The standard InChI is InChI=1S/C16H30N2O2/c1-16(2,3)11-15(19)18-8-5-13(6-9-18)17(4)14-7-10-20-12-14/h13-14H,5-12H2,1-4H3/t14-/m1/s1. The van der Waals surface area contributed by atoms with Crippen molar-refractivity contribution in [3.8, 4) is 0 Å². The third-order valence-corrected chi connectivity index (χ3v) is 4.56. The van der Waals surface area contributed by atoms with Gasteiger partial charge in [0.1, 0.15) is 0 Å². The fourth-order valence-corrected chi connectivity index (χ4v) is 3.23. The number of piperidine rings is 1. The van der Waals surface area contributed by atoms with Gasteiger partial charge in [0.05, 0.1) is 6.61 Å². The fourth-order valence-electron chi connectivity index (χ4n) is 3.23. The summed E-state index contributed by atoms with van der Waals surface area (Å²) in [6.07, 6.45) is 4.01. The molecule has 0 bridgehead atoms. The van der Waals surface area contributed by atoms with Crippen molar-refractivity contribution in [3.63, 3.8) is 0 Å². The van der Waals surface area contributed by atoms with E-state index in [1.165, 1.54) is 0 Å². The molecule has 2 aliphatic rings. The van der Waals surface area contributed by atoms with E-state index < -0.39 is 0 Å². The fraction of sp³-hybridized carbons (Fsp3) is 0.938. The van der Waals surface area contributed by atoms with E-state index in [-0.39, 0.29) is 5.41 Å². The molecular weight excluding hydrogens is 252 g/mol. The Morgan fingerprint density at radius 2 is 1.85 bits per heavy atom. The molecule has 4 heteroatoms. The highest BCUT2D eigenvalue weighted by molar-refractivity contribution is 5.76. The Labute approximate surface area is 123 Å². The van der Waals surface area contributed by atoms with Gasteiger partial charge >= 0.3 is 0 Å². The molecule has 0 saturated carbocycles. The van der Waals surface area contributed by atoms with Gasteiger partial charge in [-0.15, -0.1) is 0 Å². The molecule has 1 amide bonds. The second-order valence-corrected chi connectivity index (χ2v) is 7.53. The lowest BCUT2D eigenvalue weighted by molar-refractivity contribution is -0.134. The molecule has 2 saturated heterocycles. The van der Waals surface area contributed by atoms with Gasteiger partial charge in [0.15, 0.2) is 0 Å². The Morgan fingerprint density at radius 1 is 1.20 bits per heavy atom. The zero-order valence-electron chi connectivity index (χ0n) is 13.5. The predicted molar refractivity (Wildman–Crippen MR) is 80.7 cm³/mol. The van der Waals surface area contributed by atoms with E-state index in [1.54, 1.807) is 0 Å². The van der Waals surface area contributed by atoms with Crippen molar-refractivity contribution in [3.05, 3.63) is 0 Å². The quantitative estimate of drug-likeness (QED) is 0.795. The molecule has 0 aromatic rings. The summed E-state index contributed by atoms with van der Waals surface area (Å²) < 4.78 is 5.48. The first-order valence-corrected chi connectivity index (χ1v) is 7.94. The molecule has 0 unspecified atom stereocenters. The summed E-state index contributed by atoms with van der Waals surface area (Å²) >= 11 is 0. The van der Waals surface area contributed by atoms with E-state index in [0.717, 1.165) is 45.6 Å². The number of hydrogen-bond acceptors (Lipinski definition) is 3. The molecule has 2 aliphatic heterocycles. The number of carbonyl (C=O) groups is 1. The first kappa shape index (κ1) is 15.8. The topological polar surface area (TPSA) is 32.8 Å². The van der Waals surface area contributed by atoms with Crippen molar-refractivity contribution >= 4 is 5.91 Å². The van der Waals surface area contributed by atoms with Crippen LogP contribution in [0.15, 0.2) is 0 Å². The van der Waals surface area contributed by atoms with Gasteiger partial charge in [-0.25, -0.2) is 0 Å². The van der Waals surface area contributed by atoms with Crippen LogP contribution in [0.5, 0.6) is 0 Å². The van der Waals surface area contributed by atoms with Crippen molar-refractivity contribution < 1.29 is 9.53 Å². The zero-order chi connectivity index (χ0) is 14.8. The van der Waals surface area contributed by atoms with E-state index in [1.807, 2.05) is 0 Å². The maximum absolute atomic E-state index is 12.2. The van der Waals surface area contributed by atoms with Crippen LogP contribution in [-0.4, -0.2) is 61.1 Å². The molecule has 1 atom stereocenters. The summed E-state index contributed by atoms with van der Waals surface area (Å²) in [6.45, 7) is 10.00. The van der Waals surface area contributed by atoms with Crippen LogP contribution in [0, 0.1) is 5.41 Å². The third kappa shape index (κ3) is 4.19. The molecule has 0 aliphatic carbocycles. The van der Waals surface area contributed by atoms with Gasteiger partial charge in [-0.2, -0.15) is 0 Å². The van der Waals surface area contributed by atoms with E-state index in [9.17, 15) is 4.79 Å². The maximum Gasteiger partial charge on any atom is 0.223 e. The second-order valence-electron chi connectivity index (χ2n) is 7.53. The Balaban J connectivity index is 1.78. The molecule has 0 aromatic carbocycles. The lowest BCUT2D eigenvalue weighted by atomic mass is 9.91. The van der Waals surface area contributed by atoms with Gasteiger partial charge in [-0.3, -0.25) is 9.69 Å². The lowest BCUT2D eigenvalue weighted by Crippen LogP contribution is -2.49. The highest BCUT2D eigenvalue weighted by Crippen LogP contribution is 2.24. The van der Waals surface area contributed by atoms with Crippen molar-refractivity contribution in [2.45, 2.75) is 58.5 Å². The van der Waals surface area contributed by atoms with Crippen LogP contribution in [0.2, 0.25) is 0 Å². The molecule has 2 rings (SSSR count). The van der Waals surface area contributed by atoms with Gasteiger partial charge in [0.25, 0.3) is 0 Å². The average molecular weight is 282 g/mol. The number of likely N-dealkylation sites (tertiary alicyclic amines) is 1. The number of hydrogen-bond donors (Lipinski definition) is 0. The van der Waals surface area contributed by atoms with Crippen LogP contribution in [0.3, 0.4) is 0 Å². The minimum atomic E-state index is 0.0892. The zero-order valence-corrected chi connectivity index (χ0v) is 13.5. The summed E-state index contributed by atoms with van der Waals surface area (Å²) in [5.41, 5.74) is 0.0892. The third-order valence-electron chi connectivity index (χ3n) is 4.56. The average Bonchev–Trinajstić information content (AvgIpc) is 2.90. The van der Waals surface area contributed by atoms with Crippen LogP contribution in [0.1, 0.15) is 46.5 Å². The molecular formula is C16H30N2O2. The number of likely N-dealkylation sites (N-methyl/N-ethyl adjacent to an activating group) is 1. The summed E-state index contributed by atoms with van der Waals surface area (Å²) in [4.78, 5) is 16.8. The first-order valence-electron chi connectivity index (χ1n) is 7.94. The van der Waals surface area contributed by atoms with Crippen LogP contribution < -0.4 is 0 Å². The van der Waals surface area contributed by atoms with E-state index in [4.69, 9.17) is 4.74 Å². The molecule has 116 valence electrons. The normalized spacial score (nSPS) is 25.4. The first-order chi connectivity index (χ1) is 9.37. The summed E-state index contributed by atoms with van der Waals surface area (Å²) in [6, 6.07) is 1.19. The van der Waals surface area contributed by atoms with Crippen molar-refractivity contribution in [1.29, 1.82) is 0 Å². The minimum Gasteiger partial charge on any atom is -0.380 e. The Morgan fingerprint density at radius 3 is 2.35 bits per heavy atom. The van der Waals surface area contributed by atoms with Gasteiger partial charge in [-0.05, 0) is 31.7 Å². The summed E-state index contributed by atoms with van der Waals surface area (Å²) in [7, 11) is 2.22. The largest absolute Gasteiger partial charge is 0.380 e. The molecule has 4 nitrogen and oxygen atoms in total. The van der Waals surface area contributed by atoms with Crippen LogP contribution in [0.4, 0.5) is 0 Å². The number of amides is 1. The van der Waals surface area contributed by atoms with Crippen molar-refractivity contribution in [2.24, 2.45) is 5.41 Å². The van der Waals surface area contributed by atoms with Gasteiger partial charge < -0.3 is 9.64 Å². The SMILES string of the molecule is CN(C1CCN(C(=O)CC(C)(C)C)CC1)[C@@H]1CCOC1. The highest BCUT2D eigenvalue weighted by atomic mass is 16.5. The lowest BCUT2D eigenvalue weighted by Gasteiger charge is -2.39. The highest BCUT2D eigenvalue weighted by Gasteiger charge is 2.31. The number of rotatable bonds is 3. The predicted octanol–water partition coefficient (Wildman–Crippen LogP) is 2.13. The summed E-state index contributed by atoms with van der Waals surface area (Å²) in [5, 5.41) is 0. The number of nitrogens with zero attached hydrogens (tertiary/aromatic N) is 2. The second kappa shape index (κ2) is 6.44. The van der Waals surface area contributed by atoms with E-state index >= 15 is 0 Å². The molecule has 20 heavy (non-hydrogen) atoms. The number of carbonyl (C=O) groups excluding carboxylic acids is 1. The Bertz CT molecular complexity index is 324. The Kier molecular flexibility index (Phi) is 5.08. The number of ether oxygens (including phenoxy) is 1. The Hall–Kier alpha value is -0.610. The van der Waals surface area contributed by atoms with Crippen LogP contribution in [0.25, 0.3) is 0 Å². The summed E-state index contributed by atoms with van der Waals surface area (Å²) in [5.74, 6) is 0.322. The molecule has 0 radical (unpaired) electrons. The van der Waals surface area contributed by atoms with Crippen LogP contribution in [-0.2, 0) is 9.53 Å². The molecule has 2 heterocycles. The minimum absolute atomic E-state index is 0.0892. The monoisotopic (exact) mass is 282 g/mol. The van der Waals surface area contributed by atoms with E-state index in [0.29, 0.717) is 24.4 Å².